The van der Waals surface area contributed by atoms with Crippen molar-refractivity contribution in [3.05, 3.63) is 28.7 Å². The predicted molar refractivity (Wildman–Crippen MR) is 74.2 cm³/mol. The Morgan fingerprint density at radius 2 is 2.24 bits per heavy atom. The van der Waals surface area contributed by atoms with Crippen molar-refractivity contribution in [3.8, 4) is 0 Å². The molecule has 0 heterocycles. The maximum atomic E-state index is 11.4. The topological polar surface area (TPSA) is 49.3 Å². The van der Waals surface area contributed by atoms with Crippen LogP contribution in [0.15, 0.2) is 33.6 Å². The Morgan fingerprint density at radius 1 is 1.53 bits per heavy atom. The van der Waals surface area contributed by atoms with Crippen LogP contribution in [0.2, 0.25) is 0 Å². The number of thioether (sulfide) groups is 1. The number of hydrogen-bond acceptors (Lipinski definition) is 3. The Hall–Kier alpha value is -0.520. The number of rotatable bonds is 6. The van der Waals surface area contributed by atoms with Gasteiger partial charge in [0.2, 0.25) is 5.91 Å². The summed E-state index contributed by atoms with van der Waals surface area (Å²) in [5.41, 5.74) is 0. The van der Waals surface area contributed by atoms with E-state index in [2.05, 4.69) is 21.2 Å². The second-order valence-corrected chi connectivity index (χ2v) is 5.67. The number of halogens is 1. The molecular formula is C12H16BrNO2S. The molecule has 0 spiro atoms. The zero-order valence-corrected chi connectivity index (χ0v) is 12.1. The van der Waals surface area contributed by atoms with Crippen LogP contribution in [0, 0.1) is 0 Å². The molecule has 94 valence electrons. The first-order chi connectivity index (χ1) is 8.13. The molecule has 0 saturated heterocycles. The smallest absolute Gasteiger partial charge is 0.221 e. The highest BCUT2D eigenvalue weighted by Crippen LogP contribution is 2.27. The van der Waals surface area contributed by atoms with E-state index in [1.165, 1.54) is 0 Å². The van der Waals surface area contributed by atoms with E-state index < -0.39 is 0 Å². The second-order valence-electron chi connectivity index (χ2n) is 3.68. The summed E-state index contributed by atoms with van der Waals surface area (Å²) in [5.74, 6) is 0.707. The van der Waals surface area contributed by atoms with Crippen LogP contribution < -0.4 is 5.32 Å². The fourth-order valence-corrected chi connectivity index (χ4v) is 2.72. The number of amides is 1. The molecule has 0 aromatic heterocycles. The summed E-state index contributed by atoms with van der Waals surface area (Å²) in [6, 6.07) is 7.76. The molecule has 1 unspecified atom stereocenters. The first-order valence-corrected chi connectivity index (χ1v) is 7.19. The van der Waals surface area contributed by atoms with E-state index in [0.29, 0.717) is 6.42 Å². The van der Waals surface area contributed by atoms with Crippen molar-refractivity contribution in [1.29, 1.82) is 0 Å². The number of nitrogens with one attached hydrogen (secondary N) is 1. The van der Waals surface area contributed by atoms with Crippen molar-refractivity contribution < 1.29 is 9.90 Å². The standard InChI is InChI=1S/C12H16BrNO2S/c1-9(8-15)14-12(16)6-7-17-11-5-3-2-4-10(11)13/h2-5,9,15H,6-8H2,1H3,(H,14,16). The van der Waals surface area contributed by atoms with Crippen LogP contribution in [0.1, 0.15) is 13.3 Å². The zero-order valence-electron chi connectivity index (χ0n) is 9.65. The molecule has 0 radical (unpaired) electrons. The van der Waals surface area contributed by atoms with E-state index in [4.69, 9.17) is 5.11 Å². The van der Waals surface area contributed by atoms with Crippen molar-refractivity contribution in [1.82, 2.24) is 5.32 Å². The summed E-state index contributed by atoms with van der Waals surface area (Å²) in [6.45, 7) is 1.75. The summed E-state index contributed by atoms with van der Waals surface area (Å²) >= 11 is 5.10. The quantitative estimate of drug-likeness (QED) is 0.792. The molecule has 1 amide bonds. The number of aliphatic hydroxyl groups excluding tert-OH is 1. The number of hydrogen-bond donors (Lipinski definition) is 2. The maximum Gasteiger partial charge on any atom is 0.221 e. The van der Waals surface area contributed by atoms with Gasteiger partial charge in [-0.3, -0.25) is 4.79 Å². The van der Waals surface area contributed by atoms with Gasteiger partial charge in [0, 0.05) is 27.6 Å². The first-order valence-electron chi connectivity index (χ1n) is 5.41. The lowest BCUT2D eigenvalue weighted by atomic mass is 10.3. The van der Waals surface area contributed by atoms with Gasteiger partial charge in [-0.05, 0) is 35.0 Å². The van der Waals surface area contributed by atoms with Crippen LogP contribution >= 0.6 is 27.7 Å². The molecular weight excluding hydrogens is 302 g/mol. The van der Waals surface area contributed by atoms with Gasteiger partial charge in [0.05, 0.1) is 6.61 Å². The molecule has 0 bridgehead atoms. The molecule has 5 heteroatoms. The highest BCUT2D eigenvalue weighted by atomic mass is 79.9. The van der Waals surface area contributed by atoms with Gasteiger partial charge in [-0.15, -0.1) is 11.8 Å². The molecule has 0 fully saturated rings. The van der Waals surface area contributed by atoms with Gasteiger partial charge in [0.1, 0.15) is 0 Å². The third-order valence-corrected chi connectivity index (χ3v) is 4.13. The SMILES string of the molecule is CC(CO)NC(=O)CCSc1ccccc1Br. The normalized spacial score (nSPS) is 12.2. The van der Waals surface area contributed by atoms with E-state index in [-0.39, 0.29) is 18.6 Å². The van der Waals surface area contributed by atoms with Gasteiger partial charge in [0.15, 0.2) is 0 Å². The largest absolute Gasteiger partial charge is 0.394 e. The zero-order chi connectivity index (χ0) is 12.7. The van der Waals surface area contributed by atoms with Crippen LogP contribution in [0.25, 0.3) is 0 Å². The summed E-state index contributed by atoms with van der Waals surface area (Å²) < 4.78 is 1.05. The molecule has 1 aromatic carbocycles. The highest BCUT2D eigenvalue weighted by Gasteiger charge is 2.06. The molecule has 0 saturated carbocycles. The van der Waals surface area contributed by atoms with Crippen LogP contribution in [-0.2, 0) is 4.79 Å². The van der Waals surface area contributed by atoms with Gasteiger partial charge >= 0.3 is 0 Å². The van der Waals surface area contributed by atoms with Crippen molar-refractivity contribution in [2.45, 2.75) is 24.3 Å². The summed E-state index contributed by atoms with van der Waals surface area (Å²) in [4.78, 5) is 12.6. The lowest BCUT2D eigenvalue weighted by molar-refractivity contribution is -0.121. The summed E-state index contributed by atoms with van der Waals surface area (Å²) in [7, 11) is 0. The predicted octanol–water partition coefficient (Wildman–Crippen LogP) is 2.43. The molecule has 2 N–H and O–H groups in total. The van der Waals surface area contributed by atoms with Crippen molar-refractivity contribution in [2.24, 2.45) is 0 Å². The molecule has 1 rings (SSSR count). The molecule has 3 nitrogen and oxygen atoms in total. The average Bonchev–Trinajstić information content (AvgIpc) is 2.31. The van der Waals surface area contributed by atoms with Crippen LogP contribution in [0.5, 0.6) is 0 Å². The Morgan fingerprint density at radius 3 is 2.88 bits per heavy atom. The maximum absolute atomic E-state index is 11.4. The minimum Gasteiger partial charge on any atom is -0.394 e. The van der Waals surface area contributed by atoms with E-state index >= 15 is 0 Å². The monoisotopic (exact) mass is 317 g/mol. The number of aliphatic hydroxyl groups is 1. The molecule has 0 aliphatic heterocycles. The minimum absolute atomic E-state index is 0.0221. The lowest BCUT2D eigenvalue weighted by Crippen LogP contribution is -2.35. The molecule has 1 atom stereocenters. The van der Waals surface area contributed by atoms with Crippen LogP contribution in [0.3, 0.4) is 0 Å². The van der Waals surface area contributed by atoms with Crippen LogP contribution in [-0.4, -0.2) is 29.4 Å². The summed E-state index contributed by atoms with van der Waals surface area (Å²) in [6.07, 6.45) is 0.455. The summed E-state index contributed by atoms with van der Waals surface area (Å²) in [5, 5.41) is 11.5. The Kier molecular flexibility index (Phi) is 6.62. The average molecular weight is 318 g/mol. The Balaban J connectivity index is 2.29. The van der Waals surface area contributed by atoms with Gasteiger partial charge in [-0.1, -0.05) is 12.1 Å². The van der Waals surface area contributed by atoms with Crippen molar-refractivity contribution >= 4 is 33.6 Å². The molecule has 0 aliphatic carbocycles. The number of carbonyl (C=O) groups is 1. The highest BCUT2D eigenvalue weighted by molar-refractivity contribution is 9.10. The number of carbonyl (C=O) groups excluding carboxylic acids is 1. The van der Waals surface area contributed by atoms with E-state index in [1.54, 1.807) is 18.7 Å². The van der Waals surface area contributed by atoms with Gasteiger partial charge in [0.25, 0.3) is 0 Å². The van der Waals surface area contributed by atoms with Crippen molar-refractivity contribution in [3.63, 3.8) is 0 Å². The molecule has 1 aromatic rings. The fraction of sp³-hybridized carbons (Fsp3) is 0.417. The molecule has 0 aliphatic rings. The van der Waals surface area contributed by atoms with Gasteiger partial charge in [-0.2, -0.15) is 0 Å². The van der Waals surface area contributed by atoms with Crippen LogP contribution in [0.4, 0.5) is 0 Å². The van der Waals surface area contributed by atoms with Gasteiger partial charge < -0.3 is 10.4 Å². The molecule has 17 heavy (non-hydrogen) atoms. The fourth-order valence-electron chi connectivity index (χ4n) is 1.21. The second kappa shape index (κ2) is 7.74. The third-order valence-electron chi connectivity index (χ3n) is 2.10. The first kappa shape index (κ1) is 14.5. The Labute approximate surface area is 114 Å². The van der Waals surface area contributed by atoms with Crippen molar-refractivity contribution in [2.75, 3.05) is 12.4 Å². The van der Waals surface area contributed by atoms with E-state index in [9.17, 15) is 4.79 Å². The lowest BCUT2D eigenvalue weighted by Gasteiger charge is -2.10. The number of benzene rings is 1. The minimum atomic E-state index is -0.170. The third kappa shape index (κ3) is 5.57. The van der Waals surface area contributed by atoms with E-state index in [1.807, 2.05) is 24.3 Å². The van der Waals surface area contributed by atoms with E-state index in [0.717, 1.165) is 15.1 Å². The van der Waals surface area contributed by atoms with Gasteiger partial charge in [-0.25, -0.2) is 0 Å². The Bertz CT molecular complexity index is 373.